The number of hydrogen-bond donors (Lipinski definition) is 1. The molecule has 0 unspecified atom stereocenters. The van der Waals surface area contributed by atoms with Crippen molar-refractivity contribution in [2.75, 3.05) is 11.4 Å². The Morgan fingerprint density at radius 2 is 1.62 bits per heavy atom. The van der Waals surface area contributed by atoms with Gasteiger partial charge in [0.25, 0.3) is 0 Å². The minimum atomic E-state index is -0.725. The van der Waals surface area contributed by atoms with Crippen LogP contribution in [0.1, 0.15) is 37.7 Å². The third-order valence-electron chi connectivity index (χ3n) is 4.86. The number of aromatic nitrogens is 2. The maximum absolute atomic E-state index is 10.7. The Labute approximate surface area is 172 Å². The number of carboxylic acid groups (broad SMARTS) is 1. The Morgan fingerprint density at radius 3 is 2.34 bits per heavy atom. The first-order chi connectivity index (χ1) is 14.1. The molecule has 29 heavy (non-hydrogen) atoms. The number of benzene rings is 1. The summed E-state index contributed by atoms with van der Waals surface area (Å²) in [5, 5.41) is 8.77. The SMILES string of the molecule is Cc1ccc(-c2ccnc(N(CCCCCCC(=O)O)c3ccccn3)c2)cc1. The first-order valence-corrected chi connectivity index (χ1v) is 10.1. The summed E-state index contributed by atoms with van der Waals surface area (Å²) in [7, 11) is 0. The third kappa shape index (κ3) is 6.14. The zero-order valence-electron chi connectivity index (χ0n) is 16.8. The number of nitrogens with zero attached hydrogens (tertiary/aromatic N) is 3. The number of anilines is 2. The molecule has 5 heteroatoms. The van der Waals surface area contributed by atoms with Crippen molar-refractivity contribution < 1.29 is 9.90 Å². The molecule has 0 spiro atoms. The van der Waals surface area contributed by atoms with Crippen LogP contribution < -0.4 is 4.90 Å². The number of pyridine rings is 2. The van der Waals surface area contributed by atoms with Crippen LogP contribution in [-0.4, -0.2) is 27.6 Å². The second-order valence-corrected chi connectivity index (χ2v) is 7.17. The van der Waals surface area contributed by atoms with Crippen molar-refractivity contribution in [2.45, 2.75) is 39.0 Å². The summed E-state index contributed by atoms with van der Waals surface area (Å²) >= 11 is 0. The standard InChI is InChI=1S/C24H27N3O2/c1-19-10-12-20(13-11-19)21-14-16-26-23(18-21)27(22-8-5-6-15-25-22)17-7-3-2-4-9-24(28)29/h5-6,8,10-16,18H,2-4,7,9,17H2,1H3,(H,28,29). The molecule has 0 saturated heterocycles. The largest absolute Gasteiger partial charge is 0.481 e. The maximum atomic E-state index is 10.7. The minimum Gasteiger partial charge on any atom is -0.481 e. The van der Waals surface area contributed by atoms with E-state index in [1.807, 2.05) is 30.5 Å². The van der Waals surface area contributed by atoms with Crippen LogP contribution in [0.4, 0.5) is 11.6 Å². The van der Waals surface area contributed by atoms with Crippen LogP contribution in [0.2, 0.25) is 0 Å². The lowest BCUT2D eigenvalue weighted by atomic mass is 10.1. The molecule has 0 aliphatic carbocycles. The molecule has 150 valence electrons. The second-order valence-electron chi connectivity index (χ2n) is 7.17. The van der Waals surface area contributed by atoms with Gasteiger partial charge in [0.05, 0.1) is 0 Å². The molecular weight excluding hydrogens is 362 g/mol. The molecule has 0 bridgehead atoms. The molecule has 3 aromatic rings. The lowest BCUT2D eigenvalue weighted by molar-refractivity contribution is -0.137. The normalized spacial score (nSPS) is 10.7. The maximum Gasteiger partial charge on any atom is 0.303 e. The van der Waals surface area contributed by atoms with Crippen LogP contribution in [0.15, 0.2) is 67.0 Å². The quantitative estimate of drug-likeness (QED) is 0.456. The molecule has 0 aliphatic rings. The summed E-state index contributed by atoms with van der Waals surface area (Å²) in [5.74, 6) is 1.01. The first-order valence-electron chi connectivity index (χ1n) is 10.1. The summed E-state index contributed by atoms with van der Waals surface area (Å²) < 4.78 is 0. The number of hydrogen-bond acceptors (Lipinski definition) is 4. The highest BCUT2D eigenvalue weighted by molar-refractivity contribution is 5.69. The van der Waals surface area contributed by atoms with Crippen LogP contribution in [0.25, 0.3) is 11.1 Å². The van der Waals surface area contributed by atoms with Gasteiger partial charge in [-0.1, -0.05) is 48.7 Å². The molecule has 0 atom stereocenters. The number of aliphatic carboxylic acids is 1. The fourth-order valence-corrected chi connectivity index (χ4v) is 3.25. The fourth-order valence-electron chi connectivity index (χ4n) is 3.25. The molecule has 1 N–H and O–H groups in total. The summed E-state index contributed by atoms with van der Waals surface area (Å²) in [5.41, 5.74) is 3.52. The Kier molecular flexibility index (Phi) is 7.34. The Balaban J connectivity index is 1.75. The van der Waals surface area contributed by atoms with Crippen molar-refractivity contribution in [1.29, 1.82) is 0 Å². The van der Waals surface area contributed by atoms with E-state index in [1.165, 1.54) is 5.56 Å². The van der Waals surface area contributed by atoms with Crippen molar-refractivity contribution in [3.63, 3.8) is 0 Å². The van der Waals surface area contributed by atoms with E-state index < -0.39 is 5.97 Å². The number of unbranched alkanes of at least 4 members (excludes halogenated alkanes) is 3. The molecule has 0 radical (unpaired) electrons. The van der Waals surface area contributed by atoms with Crippen molar-refractivity contribution in [3.8, 4) is 11.1 Å². The van der Waals surface area contributed by atoms with E-state index in [-0.39, 0.29) is 6.42 Å². The van der Waals surface area contributed by atoms with Crippen LogP contribution in [-0.2, 0) is 4.79 Å². The van der Waals surface area contributed by atoms with E-state index in [9.17, 15) is 4.79 Å². The molecule has 1 aromatic carbocycles. The average Bonchev–Trinajstić information content (AvgIpc) is 2.74. The molecule has 2 aromatic heterocycles. The summed E-state index contributed by atoms with van der Waals surface area (Å²) in [6, 6.07) is 18.5. The van der Waals surface area contributed by atoms with E-state index >= 15 is 0 Å². The first kappa shape index (κ1) is 20.5. The van der Waals surface area contributed by atoms with Gasteiger partial charge in [0.15, 0.2) is 0 Å². The molecule has 0 amide bonds. The Morgan fingerprint density at radius 1 is 0.862 bits per heavy atom. The molecule has 0 aliphatic heterocycles. The van der Waals surface area contributed by atoms with Crippen LogP contribution in [0.3, 0.4) is 0 Å². The van der Waals surface area contributed by atoms with Crippen molar-refractivity contribution >= 4 is 17.6 Å². The van der Waals surface area contributed by atoms with Gasteiger partial charge in [-0.15, -0.1) is 0 Å². The Bertz CT molecular complexity index is 911. The number of carbonyl (C=O) groups is 1. The van der Waals surface area contributed by atoms with Gasteiger partial charge in [-0.3, -0.25) is 4.79 Å². The van der Waals surface area contributed by atoms with Gasteiger partial charge in [-0.25, -0.2) is 9.97 Å². The summed E-state index contributed by atoms with van der Waals surface area (Å²) in [6.07, 6.45) is 7.44. The molecule has 2 heterocycles. The zero-order chi connectivity index (χ0) is 20.5. The zero-order valence-corrected chi connectivity index (χ0v) is 16.8. The van der Waals surface area contributed by atoms with Gasteiger partial charge in [0.2, 0.25) is 0 Å². The molecule has 3 rings (SSSR count). The molecule has 5 nitrogen and oxygen atoms in total. The van der Waals surface area contributed by atoms with E-state index in [0.29, 0.717) is 0 Å². The topological polar surface area (TPSA) is 66.3 Å². The van der Waals surface area contributed by atoms with Crippen molar-refractivity contribution in [3.05, 3.63) is 72.6 Å². The van der Waals surface area contributed by atoms with E-state index in [2.05, 4.69) is 52.1 Å². The summed E-state index contributed by atoms with van der Waals surface area (Å²) in [4.78, 5) is 21.9. The monoisotopic (exact) mass is 389 g/mol. The lowest BCUT2D eigenvalue weighted by Gasteiger charge is -2.23. The molecule has 0 saturated carbocycles. The van der Waals surface area contributed by atoms with Gasteiger partial charge >= 0.3 is 5.97 Å². The predicted octanol–water partition coefficient (Wildman–Crippen LogP) is 5.63. The van der Waals surface area contributed by atoms with E-state index in [1.54, 1.807) is 6.20 Å². The predicted molar refractivity (Wildman–Crippen MR) is 116 cm³/mol. The minimum absolute atomic E-state index is 0.240. The number of aryl methyl sites for hydroxylation is 1. The highest BCUT2D eigenvalue weighted by atomic mass is 16.4. The number of carboxylic acids is 1. The van der Waals surface area contributed by atoms with Gasteiger partial charge in [-0.2, -0.15) is 0 Å². The van der Waals surface area contributed by atoms with Crippen LogP contribution >= 0.6 is 0 Å². The summed E-state index contributed by atoms with van der Waals surface area (Å²) in [6.45, 7) is 2.87. The van der Waals surface area contributed by atoms with Crippen molar-refractivity contribution in [2.24, 2.45) is 0 Å². The van der Waals surface area contributed by atoms with Gasteiger partial charge in [-0.05, 0) is 55.2 Å². The fraction of sp³-hybridized carbons (Fsp3) is 0.292. The smallest absolute Gasteiger partial charge is 0.303 e. The number of rotatable bonds is 10. The third-order valence-corrected chi connectivity index (χ3v) is 4.86. The van der Waals surface area contributed by atoms with Gasteiger partial charge < -0.3 is 10.0 Å². The van der Waals surface area contributed by atoms with Gasteiger partial charge in [0, 0.05) is 25.4 Å². The van der Waals surface area contributed by atoms with E-state index in [0.717, 1.165) is 55.0 Å². The average molecular weight is 389 g/mol. The highest BCUT2D eigenvalue weighted by Crippen LogP contribution is 2.27. The van der Waals surface area contributed by atoms with Gasteiger partial charge in [0.1, 0.15) is 11.6 Å². The highest BCUT2D eigenvalue weighted by Gasteiger charge is 2.12. The lowest BCUT2D eigenvalue weighted by Crippen LogP contribution is -2.20. The second kappa shape index (κ2) is 10.4. The van der Waals surface area contributed by atoms with Crippen LogP contribution in [0, 0.1) is 6.92 Å². The molecule has 0 fully saturated rings. The van der Waals surface area contributed by atoms with Crippen molar-refractivity contribution in [1.82, 2.24) is 9.97 Å². The van der Waals surface area contributed by atoms with E-state index in [4.69, 9.17) is 5.11 Å². The molecular formula is C24H27N3O2. The van der Waals surface area contributed by atoms with Crippen LogP contribution in [0.5, 0.6) is 0 Å². The Hall–Kier alpha value is -3.21.